The number of nitrogens with one attached hydrogen (secondary N) is 2. The number of nitrogens with zero attached hydrogens (tertiary/aromatic N) is 2. The quantitative estimate of drug-likeness (QED) is 0.617. The van der Waals surface area contributed by atoms with Gasteiger partial charge in [-0.05, 0) is 56.1 Å². The minimum Gasteiger partial charge on any atom is -0.379 e. The van der Waals surface area contributed by atoms with Crippen LogP contribution in [-0.2, 0) is 16.0 Å². The molecular formula is C24H34N4O3S. The van der Waals surface area contributed by atoms with Crippen LogP contribution in [0.2, 0.25) is 0 Å². The highest BCUT2D eigenvalue weighted by atomic mass is 32.1. The van der Waals surface area contributed by atoms with Crippen molar-refractivity contribution in [2.24, 2.45) is 0 Å². The molecular weight excluding hydrogens is 424 g/mol. The maximum Gasteiger partial charge on any atom is 0.253 e. The molecule has 2 saturated heterocycles. The van der Waals surface area contributed by atoms with Crippen molar-refractivity contribution >= 4 is 28.2 Å². The fraction of sp³-hybridized carbons (Fsp3) is 0.583. The topological polar surface area (TPSA) is 69.8 Å². The Kier molecular flexibility index (Phi) is 7.78. The van der Waals surface area contributed by atoms with Gasteiger partial charge in [-0.3, -0.25) is 9.69 Å². The van der Waals surface area contributed by atoms with Gasteiger partial charge in [0.25, 0.3) is 5.56 Å². The molecule has 2 aromatic rings. The molecule has 0 amide bonds. The molecule has 0 radical (unpaired) electrons. The number of ether oxygens (including phenoxy) is 2. The average Bonchev–Trinajstić information content (AvgIpc) is 3.32. The minimum atomic E-state index is -0.0514. The summed E-state index contributed by atoms with van der Waals surface area (Å²) in [5.74, 6) is 0. The summed E-state index contributed by atoms with van der Waals surface area (Å²) in [6.07, 6.45) is 2.38. The van der Waals surface area contributed by atoms with Gasteiger partial charge in [-0.25, -0.2) is 0 Å². The Labute approximate surface area is 195 Å². The maximum absolute atomic E-state index is 12.9. The SMILES string of the molecule is Cc1ccc(C)c2[nH]c(=O)c(CN(CCN3CCOCC3)C(=S)NCC3CCCO3)cc12. The first-order valence-electron chi connectivity index (χ1n) is 11.6. The van der Waals surface area contributed by atoms with Crippen LogP contribution in [0, 0.1) is 13.8 Å². The molecule has 0 aliphatic carbocycles. The van der Waals surface area contributed by atoms with E-state index in [-0.39, 0.29) is 11.7 Å². The van der Waals surface area contributed by atoms with Crippen molar-refractivity contribution in [1.29, 1.82) is 0 Å². The Morgan fingerprint density at radius 1 is 1.25 bits per heavy atom. The standard InChI is InChI=1S/C24H34N4O3S/c1-17-5-6-18(2)22-21(17)14-19(23(29)26-22)16-28(8-7-27-9-12-30-13-10-27)24(32)25-15-20-4-3-11-31-20/h5-6,14,20H,3-4,7-13,15-16H2,1-2H3,(H,25,32)(H,26,29). The zero-order chi connectivity index (χ0) is 22.5. The fourth-order valence-electron chi connectivity index (χ4n) is 4.40. The third-order valence-electron chi connectivity index (χ3n) is 6.46. The summed E-state index contributed by atoms with van der Waals surface area (Å²) in [5, 5.41) is 5.15. The lowest BCUT2D eigenvalue weighted by atomic mass is 10.0. The molecule has 1 aromatic carbocycles. The number of aromatic nitrogens is 1. The number of hydrogen-bond donors (Lipinski definition) is 2. The van der Waals surface area contributed by atoms with Gasteiger partial charge in [-0.1, -0.05) is 12.1 Å². The Balaban J connectivity index is 1.51. The zero-order valence-electron chi connectivity index (χ0n) is 19.1. The second-order valence-electron chi connectivity index (χ2n) is 8.81. The molecule has 1 atom stereocenters. The van der Waals surface area contributed by atoms with E-state index in [1.54, 1.807) is 0 Å². The van der Waals surface area contributed by atoms with Crippen LogP contribution in [0.3, 0.4) is 0 Å². The largest absolute Gasteiger partial charge is 0.379 e. The molecule has 0 bridgehead atoms. The van der Waals surface area contributed by atoms with Gasteiger partial charge in [0, 0.05) is 50.3 Å². The summed E-state index contributed by atoms with van der Waals surface area (Å²) in [7, 11) is 0. The third kappa shape index (κ3) is 5.67. The normalized spacial score (nSPS) is 19.4. The molecule has 0 spiro atoms. The van der Waals surface area contributed by atoms with E-state index in [0.29, 0.717) is 18.2 Å². The Hall–Kier alpha value is -2.00. The number of aryl methyl sites for hydroxylation is 2. The van der Waals surface area contributed by atoms with Crippen molar-refractivity contribution in [3.05, 3.63) is 45.2 Å². The number of morpholine rings is 1. The maximum atomic E-state index is 12.9. The average molecular weight is 459 g/mol. The lowest BCUT2D eigenvalue weighted by Crippen LogP contribution is -2.47. The molecule has 4 rings (SSSR count). The Morgan fingerprint density at radius 3 is 2.78 bits per heavy atom. The summed E-state index contributed by atoms with van der Waals surface area (Å²) in [5.41, 5.74) is 3.82. The van der Waals surface area contributed by atoms with Gasteiger partial charge >= 0.3 is 0 Å². The molecule has 2 N–H and O–H groups in total. The zero-order valence-corrected chi connectivity index (χ0v) is 19.9. The summed E-state index contributed by atoms with van der Waals surface area (Å²) < 4.78 is 11.2. The van der Waals surface area contributed by atoms with Crippen molar-refractivity contribution in [3.63, 3.8) is 0 Å². The minimum absolute atomic E-state index is 0.0514. The number of fused-ring (bicyclic) bond motifs is 1. The van der Waals surface area contributed by atoms with Gasteiger partial charge in [0.1, 0.15) is 0 Å². The van der Waals surface area contributed by atoms with Crippen molar-refractivity contribution in [2.45, 2.75) is 39.3 Å². The predicted octanol–water partition coefficient (Wildman–Crippen LogP) is 2.33. The summed E-state index contributed by atoms with van der Waals surface area (Å²) >= 11 is 5.77. The molecule has 8 heteroatoms. The van der Waals surface area contributed by atoms with E-state index < -0.39 is 0 Å². The van der Waals surface area contributed by atoms with Crippen LogP contribution in [0.1, 0.15) is 29.5 Å². The van der Waals surface area contributed by atoms with E-state index in [9.17, 15) is 4.79 Å². The second-order valence-corrected chi connectivity index (χ2v) is 9.20. The van der Waals surface area contributed by atoms with Gasteiger partial charge in [-0.15, -0.1) is 0 Å². The van der Waals surface area contributed by atoms with Gasteiger partial charge in [-0.2, -0.15) is 0 Å². The van der Waals surface area contributed by atoms with Crippen LogP contribution in [-0.4, -0.2) is 78.5 Å². The lowest BCUT2D eigenvalue weighted by Gasteiger charge is -2.31. The molecule has 7 nitrogen and oxygen atoms in total. The van der Waals surface area contributed by atoms with Crippen LogP contribution in [0.5, 0.6) is 0 Å². The van der Waals surface area contributed by atoms with Crippen LogP contribution >= 0.6 is 12.2 Å². The predicted molar refractivity (Wildman–Crippen MR) is 131 cm³/mol. The van der Waals surface area contributed by atoms with Crippen molar-refractivity contribution in [3.8, 4) is 0 Å². The number of thiocarbonyl (C=S) groups is 1. The van der Waals surface area contributed by atoms with E-state index >= 15 is 0 Å². The Morgan fingerprint density at radius 2 is 2.03 bits per heavy atom. The van der Waals surface area contributed by atoms with E-state index in [1.807, 2.05) is 19.1 Å². The summed E-state index contributed by atoms with van der Waals surface area (Å²) in [6.45, 7) is 11.1. The van der Waals surface area contributed by atoms with Gasteiger partial charge < -0.3 is 24.7 Å². The van der Waals surface area contributed by atoms with Crippen LogP contribution in [0.15, 0.2) is 23.0 Å². The van der Waals surface area contributed by atoms with Gasteiger partial charge in [0.15, 0.2) is 5.11 Å². The second kappa shape index (κ2) is 10.7. The van der Waals surface area contributed by atoms with E-state index in [0.717, 1.165) is 86.4 Å². The molecule has 32 heavy (non-hydrogen) atoms. The van der Waals surface area contributed by atoms with E-state index in [4.69, 9.17) is 21.7 Å². The number of pyridine rings is 1. The molecule has 0 saturated carbocycles. The molecule has 174 valence electrons. The molecule has 2 aliphatic heterocycles. The summed E-state index contributed by atoms with van der Waals surface area (Å²) in [4.78, 5) is 20.5. The first-order chi connectivity index (χ1) is 15.5. The monoisotopic (exact) mass is 458 g/mol. The smallest absolute Gasteiger partial charge is 0.253 e. The van der Waals surface area contributed by atoms with E-state index in [2.05, 4.69) is 33.1 Å². The number of hydrogen-bond acceptors (Lipinski definition) is 5. The highest BCUT2D eigenvalue weighted by Gasteiger charge is 2.20. The first kappa shape index (κ1) is 23.2. The summed E-state index contributed by atoms with van der Waals surface area (Å²) in [6, 6.07) is 6.18. The van der Waals surface area contributed by atoms with Gasteiger partial charge in [0.05, 0.1) is 31.4 Å². The van der Waals surface area contributed by atoms with Crippen LogP contribution in [0.25, 0.3) is 10.9 Å². The number of H-pyrrole nitrogens is 1. The van der Waals surface area contributed by atoms with Crippen LogP contribution < -0.4 is 10.9 Å². The van der Waals surface area contributed by atoms with Crippen LogP contribution in [0.4, 0.5) is 0 Å². The van der Waals surface area contributed by atoms with E-state index in [1.165, 1.54) is 0 Å². The van der Waals surface area contributed by atoms with Gasteiger partial charge in [0.2, 0.25) is 0 Å². The number of rotatable bonds is 7. The molecule has 1 aromatic heterocycles. The molecule has 3 heterocycles. The number of aromatic amines is 1. The van der Waals surface area contributed by atoms with Crippen molar-refractivity contribution in [2.75, 3.05) is 52.5 Å². The molecule has 2 aliphatic rings. The third-order valence-corrected chi connectivity index (χ3v) is 6.87. The molecule has 2 fully saturated rings. The van der Waals surface area contributed by atoms with Crippen molar-refractivity contribution < 1.29 is 9.47 Å². The fourth-order valence-corrected chi connectivity index (χ4v) is 4.64. The highest BCUT2D eigenvalue weighted by Crippen LogP contribution is 2.20. The lowest BCUT2D eigenvalue weighted by molar-refractivity contribution is 0.0356. The number of benzene rings is 1. The highest BCUT2D eigenvalue weighted by molar-refractivity contribution is 7.80. The Bertz CT molecular complexity index is 997. The molecule has 1 unspecified atom stereocenters. The van der Waals surface area contributed by atoms with Crippen molar-refractivity contribution in [1.82, 2.24) is 20.1 Å². The first-order valence-corrected chi connectivity index (χ1v) is 12.0.